The van der Waals surface area contributed by atoms with Crippen molar-refractivity contribution in [2.75, 3.05) is 20.2 Å². The lowest BCUT2D eigenvalue weighted by Crippen LogP contribution is -2.44. The van der Waals surface area contributed by atoms with Gasteiger partial charge in [0.15, 0.2) is 0 Å². The molecule has 0 amide bonds. The van der Waals surface area contributed by atoms with E-state index < -0.39 is 0 Å². The summed E-state index contributed by atoms with van der Waals surface area (Å²) in [6, 6.07) is 37.6. The van der Waals surface area contributed by atoms with Crippen molar-refractivity contribution in [1.82, 2.24) is 9.88 Å². The maximum absolute atomic E-state index is 5.38. The number of likely N-dealkylation sites (tertiary alicyclic amines) is 1. The summed E-state index contributed by atoms with van der Waals surface area (Å²) in [7, 11) is 1.73. The highest BCUT2D eigenvalue weighted by Crippen LogP contribution is 2.42. The Kier molecular flexibility index (Phi) is 8.01. The summed E-state index contributed by atoms with van der Waals surface area (Å²) < 4.78 is 5.38. The van der Waals surface area contributed by atoms with Crippen LogP contribution in [0.2, 0.25) is 0 Å². The molecular formula is C34H38N2O. The fraction of sp³-hybridized carbons (Fsp3) is 0.324. The molecule has 2 atom stereocenters. The SMILES string of the molecule is CCC1CC(c2ccc(OC)cc2)CCN1CCC(c1ccccc1)(c1ccccc1)c1ccccn1. The first kappa shape index (κ1) is 25.2. The molecule has 0 saturated carbocycles. The van der Waals surface area contributed by atoms with Crippen molar-refractivity contribution in [1.29, 1.82) is 0 Å². The quantitative estimate of drug-likeness (QED) is 0.243. The van der Waals surface area contributed by atoms with Gasteiger partial charge in [0.05, 0.1) is 18.2 Å². The van der Waals surface area contributed by atoms with Crippen LogP contribution in [0.4, 0.5) is 0 Å². The third-order valence-electron chi connectivity index (χ3n) is 8.31. The van der Waals surface area contributed by atoms with Crippen LogP contribution in [-0.4, -0.2) is 36.1 Å². The molecule has 190 valence electrons. The summed E-state index contributed by atoms with van der Waals surface area (Å²) >= 11 is 0. The molecule has 3 heteroatoms. The molecule has 37 heavy (non-hydrogen) atoms. The molecular weight excluding hydrogens is 452 g/mol. The zero-order chi connectivity index (χ0) is 25.5. The van der Waals surface area contributed by atoms with Crippen molar-refractivity contribution in [2.24, 2.45) is 0 Å². The van der Waals surface area contributed by atoms with E-state index >= 15 is 0 Å². The van der Waals surface area contributed by atoms with E-state index in [1.165, 1.54) is 36.0 Å². The van der Waals surface area contributed by atoms with E-state index in [4.69, 9.17) is 9.72 Å². The number of nitrogens with zero attached hydrogens (tertiary/aromatic N) is 2. The highest BCUT2D eigenvalue weighted by atomic mass is 16.5. The van der Waals surface area contributed by atoms with E-state index in [0.29, 0.717) is 12.0 Å². The van der Waals surface area contributed by atoms with E-state index in [0.717, 1.165) is 31.0 Å². The van der Waals surface area contributed by atoms with Crippen LogP contribution in [0.25, 0.3) is 0 Å². The third-order valence-corrected chi connectivity index (χ3v) is 8.31. The molecule has 3 aromatic carbocycles. The summed E-state index contributed by atoms with van der Waals surface area (Å²) in [5.74, 6) is 1.54. The second-order valence-corrected chi connectivity index (χ2v) is 10.2. The highest BCUT2D eigenvalue weighted by Gasteiger charge is 2.39. The largest absolute Gasteiger partial charge is 0.497 e. The lowest BCUT2D eigenvalue weighted by atomic mass is 9.69. The van der Waals surface area contributed by atoms with Crippen LogP contribution < -0.4 is 4.74 Å². The van der Waals surface area contributed by atoms with Crippen molar-refractivity contribution >= 4 is 0 Å². The van der Waals surface area contributed by atoms with Crippen molar-refractivity contribution in [3.05, 3.63) is 132 Å². The van der Waals surface area contributed by atoms with Gasteiger partial charge in [0, 0.05) is 12.2 Å². The first-order valence-corrected chi connectivity index (χ1v) is 13.6. The van der Waals surface area contributed by atoms with Crippen molar-refractivity contribution < 1.29 is 4.74 Å². The van der Waals surface area contributed by atoms with Crippen molar-refractivity contribution in [3.63, 3.8) is 0 Å². The van der Waals surface area contributed by atoms with Gasteiger partial charge in [0.2, 0.25) is 0 Å². The van der Waals surface area contributed by atoms with Gasteiger partial charge in [-0.3, -0.25) is 4.98 Å². The number of hydrogen-bond acceptors (Lipinski definition) is 3. The van der Waals surface area contributed by atoms with Gasteiger partial charge in [-0.25, -0.2) is 0 Å². The first-order chi connectivity index (χ1) is 18.2. The Morgan fingerprint density at radius 2 is 1.49 bits per heavy atom. The third kappa shape index (κ3) is 5.33. The van der Waals surface area contributed by atoms with Gasteiger partial charge in [-0.1, -0.05) is 85.8 Å². The lowest BCUT2D eigenvalue weighted by Gasteiger charge is -2.42. The van der Waals surface area contributed by atoms with Crippen LogP contribution in [0.3, 0.4) is 0 Å². The van der Waals surface area contributed by atoms with Crippen LogP contribution in [0, 0.1) is 0 Å². The second kappa shape index (κ2) is 11.7. The van der Waals surface area contributed by atoms with Gasteiger partial charge in [-0.05, 0) is 85.6 Å². The van der Waals surface area contributed by atoms with Gasteiger partial charge in [0.1, 0.15) is 5.75 Å². The summed E-state index contributed by atoms with van der Waals surface area (Å²) in [5.41, 5.74) is 4.88. The number of hydrogen-bond donors (Lipinski definition) is 0. The van der Waals surface area contributed by atoms with Crippen LogP contribution in [0.5, 0.6) is 5.75 Å². The number of ether oxygens (including phenoxy) is 1. The minimum absolute atomic E-state index is 0.297. The average Bonchev–Trinajstić information content (AvgIpc) is 2.99. The standard InChI is InChI=1S/C34H38N2O/c1-3-31-26-28(27-17-19-32(37-2)20-18-27)21-24-36(31)25-22-34(29-12-6-4-7-13-29,30-14-8-5-9-15-30)33-16-10-11-23-35-33/h4-20,23,28,31H,3,21-22,24-26H2,1-2H3. The molecule has 3 nitrogen and oxygen atoms in total. The molecule has 4 aromatic rings. The van der Waals surface area contributed by atoms with E-state index in [1.807, 2.05) is 12.3 Å². The normalized spacial score (nSPS) is 18.4. The zero-order valence-corrected chi connectivity index (χ0v) is 22.1. The first-order valence-electron chi connectivity index (χ1n) is 13.6. The maximum atomic E-state index is 5.38. The second-order valence-electron chi connectivity index (χ2n) is 10.2. The van der Waals surface area contributed by atoms with E-state index in [9.17, 15) is 0 Å². The Balaban J connectivity index is 1.43. The number of piperidine rings is 1. The number of aromatic nitrogens is 1. The van der Waals surface area contributed by atoms with Gasteiger partial charge in [-0.15, -0.1) is 0 Å². The van der Waals surface area contributed by atoms with Gasteiger partial charge < -0.3 is 9.64 Å². The molecule has 0 spiro atoms. The average molecular weight is 491 g/mol. The number of benzene rings is 3. The Bertz CT molecular complexity index is 1130. The molecule has 5 rings (SSSR count). The molecule has 1 aliphatic heterocycles. The molecule has 2 heterocycles. The molecule has 0 N–H and O–H groups in total. The summed E-state index contributed by atoms with van der Waals surface area (Å²) in [6.07, 6.45) is 6.49. The van der Waals surface area contributed by atoms with Gasteiger partial charge in [-0.2, -0.15) is 0 Å². The van der Waals surface area contributed by atoms with Crippen LogP contribution in [0.15, 0.2) is 109 Å². The zero-order valence-electron chi connectivity index (χ0n) is 22.1. The number of rotatable bonds is 9. The smallest absolute Gasteiger partial charge is 0.118 e. The number of methoxy groups -OCH3 is 1. The predicted octanol–water partition coefficient (Wildman–Crippen LogP) is 7.47. The van der Waals surface area contributed by atoms with Crippen LogP contribution in [0.1, 0.15) is 60.9 Å². The maximum Gasteiger partial charge on any atom is 0.118 e. The minimum atomic E-state index is -0.297. The summed E-state index contributed by atoms with van der Waals surface area (Å²) in [4.78, 5) is 7.68. The van der Waals surface area contributed by atoms with E-state index in [2.05, 4.69) is 109 Å². The molecule has 2 unspecified atom stereocenters. The van der Waals surface area contributed by atoms with Crippen molar-refractivity contribution in [2.45, 2.75) is 50.0 Å². The molecule has 1 aliphatic rings. The molecule has 0 radical (unpaired) electrons. The Morgan fingerprint density at radius 3 is 2.05 bits per heavy atom. The summed E-state index contributed by atoms with van der Waals surface area (Å²) in [6.45, 7) is 4.50. The van der Waals surface area contributed by atoms with Crippen LogP contribution in [-0.2, 0) is 5.41 Å². The lowest BCUT2D eigenvalue weighted by molar-refractivity contribution is 0.123. The molecule has 0 aliphatic carbocycles. The van der Waals surface area contributed by atoms with Crippen LogP contribution >= 0.6 is 0 Å². The highest BCUT2D eigenvalue weighted by molar-refractivity contribution is 5.48. The Hall–Kier alpha value is -3.43. The monoisotopic (exact) mass is 490 g/mol. The summed E-state index contributed by atoms with van der Waals surface area (Å²) in [5, 5.41) is 0. The molecule has 1 fully saturated rings. The molecule has 0 bridgehead atoms. The Morgan fingerprint density at radius 1 is 0.838 bits per heavy atom. The van der Waals surface area contributed by atoms with E-state index in [1.54, 1.807) is 7.11 Å². The topological polar surface area (TPSA) is 25.4 Å². The fourth-order valence-corrected chi connectivity index (χ4v) is 6.25. The van der Waals surface area contributed by atoms with E-state index in [-0.39, 0.29) is 5.41 Å². The molecule has 1 aromatic heterocycles. The minimum Gasteiger partial charge on any atom is -0.497 e. The van der Waals surface area contributed by atoms with Gasteiger partial charge in [0.25, 0.3) is 0 Å². The number of pyridine rings is 1. The van der Waals surface area contributed by atoms with Crippen molar-refractivity contribution in [3.8, 4) is 5.75 Å². The van der Waals surface area contributed by atoms with Gasteiger partial charge >= 0.3 is 0 Å². The molecule has 1 saturated heterocycles. The fourth-order valence-electron chi connectivity index (χ4n) is 6.25. The predicted molar refractivity (Wildman–Crippen MR) is 152 cm³/mol. The Labute approximate surface area is 222 Å².